The van der Waals surface area contributed by atoms with Crippen LogP contribution in [0.3, 0.4) is 0 Å². The van der Waals surface area contributed by atoms with E-state index in [0.29, 0.717) is 10.2 Å². The van der Waals surface area contributed by atoms with Crippen molar-refractivity contribution in [1.82, 2.24) is 4.98 Å². The number of rotatable bonds is 4. The molecule has 0 bridgehead atoms. The van der Waals surface area contributed by atoms with E-state index in [1.54, 1.807) is 11.3 Å². The van der Waals surface area contributed by atoms with Gasteiger partial charge in [-0.2, -0.15) is 0 Å². The quantitative estimate of drug-likeness (QED) is 0.739. The number of nitrogens with zero attached hydrogens (tertiary/aromatic N) is 1. The van der Waals surface area contributed by atoms with E-state index in [4.69, 9.17) is 0 Å². The molecule has 1 aromatic heterocycles. The van der Waals surface area contributed by atoms with Gasteiger partial charge in [-0.1, -0.05) is 36.7 Å². The lowest BCUT2D eigenvalue weighted by atomic mass is 9.89. The zero-order valence-electron chi connectivity index (χ0n) is 10.0. The Kier molecular flexibility index (Phi) is 4.78. The molecule has 0 saturated carbocycles. The second kappa shape index (κ2) is 5.44. The van der Waals surface area contributed by atoms with Crippen molar-refractivity contribution >= 4 is 27.3 Å². The highest BCUT2D eigenvalue weighted by Gasteiger charge is 2.20. The first-order valence-electron chi connectivity index (χ1n) is 5.44. The third kappa shape index (κ3) is 4.64. The third-order valence-corrected chi connectivity index (χ3v) is 5.31. The number of alkyl halides is 1. The van der Waals surface area contributed by atoms with Gasteiger partial charge in [0, 0.05) is 15.9 Å². The molecular formula is C12H20BrNS. The highest BCUT2D eigenvalue weighted by molar-refractivity contribution is 9.09. The first kappa shape index (κ1) is 13.2. The number of aryl methyl sites for hydroxylation is 2. The van der Waals surface area contributed by atoms with Crippen LogP contribution in [0, 0.1) is 12.3 Å². The van der Waals surface area contributed by atoms with Crippen LogP contribution in [0.1, 0.15) is 44.3 Å². The van der Waals surface area contributed by atoms with Gasteiger partial charge in [0.2, 0.25) is 0 Å². The van der Waals surface area contributed by atoms with E-state index < -0.39 is 0 Å². The minimum absolute atomic E-state index is 0.360. The Morgan fingerprint density at radius 2 is 2.13 bits per heavy atom. The summed E-state index contributed by atoms with van der Waals surface area (Å²) < 4.78 is 0. The Balaban J connectivity index is 2.28. The van der Waals surface area contributed by atoms with Crippen molar-refractivity contribution in [3.63, 3.8) is 0 Å². The van der Waals surface area contributed by atoms with Gasteiger partial charge in [0.05, 0.1) is 5.01 Å². The zero-order valence-corrected chi connectivity index (χ0v) is 12.4. The molecule has 15 heavy (non-hydrogen) atoms. The van der Waals surface area contributed by atoms with Crippen LogP contribution in [-0.4, -0.2) is 9.81 Å². The maximum atomic E-state index is 4.47. The largest absolute Gasteiger partial charge is 0.247 e. The Morgan fingerprint density at radius 3 is 2.60 bits per heavy atom. The molecule has 1 nitrogen and oxygen atoms in total. The van der Waals surface area contributed by atoms with Gasteiger partial charge in [-0.05, 0) is 31.6 Å². The summed E-state index contributed by atoms with van der Waals surface area (Å²) in [7, 11) is 0. The molecule has 0 aliphatic rings. The van der Waals surface area contributed by atoms with Gasteiger partial charge < -0.3 is 0 Å². The summed E-state index contributed by atoms with van der Waals surface area (Å²) >= 11 is 5.54. The van der Waals surface area contributed by atoms with E-state index in [9.17, 15) is 0 Å². The zero-order chi connectivity index (χ0) is 11.5. The van der Waals surface area contributed by atoms with Crippen LogP contribution >= 0.6 is 27.3 Å². The van der Waals surface area contributed by atoms with E-state index in [0.717, 1.165) is 12.1 Å². The molecular weight excluding hydrogens is 270 g/mol. The molecule has 1 heterocycles. The van der Waals surface area contributed by atoms with E-state index in [1.165, 1.54) is 17.8 Å². The summed E-state index contributed by atoms with van der Waals surface area (Å²) in [6.45, 7) is 8.89. The second-order valence-corrected chi connectivity index (χ2v) is 7.16. The van der Waals surface area contributed by atoms with Crippen LogP contribution in [0.2, 0.25) is 0 Å². The fraction of sp³-hybridized carbons (Fsp3) is 0.750. The molecule has 0 aliphatic carbocycles. The summed E-state index contributed by atoms with van der Waals surface area (Å²) in [4.78, 5) is 5.08. The number of hydrogen-bond donors (Lipinski definition) is 0. The van der Waals surface area contributed by atoms with Gasteiger partial charge in [0.25, 0.3) is 0 Å². The molecule has 0 fully saturated rings. The number of thiazole rings is 1. The minimum atomic E-state index is 0.360. The van der Waals surface area contributed by atoms with Crippen molar-refractivity contribution in [2.45, 2.75) is 51.8 Å². The highest BCUT2D eigenvalue weighted by atomic mass is 79.9. The van der Waals surface area contributed by atoms with Crippen LogP contribution in [0.4, 0.5) is 0 Å². The highest BCUT2D eigenvalue weighted by Crippen LogP contribution is 2.30. The standard InChI is InChI=1S/C12H20BrNS/c1-9-8-15-11(14-9)7-5-6-10(13)12(2,3)4/h8,10H,5-7H2,1-4H3. The summed E-state index contributed by atoms with van der Waals surface area (Å²) in [5.41, 5.74) is 1.51. The molecule has 0 amide bonds. The lowest BCUT2D eigenvalue weighted by Gasteiger charge is -2.25. The molecule has 0 aliphatic heterocycles. The molecule has 0 aromatic carbocycles. The van der Waals surface area contributed by atoms with Gasteiger partial charge in [0.1, 0.15) is 0 Å². The average Bonchev–Trinajstić information content (AvgIpc) is 2.49. The van der Waals surface area contributed by atoms with Crippen LogP contribution < -0.4 is 0 Å². The van der Waals surface area contributed by atoms with Crippen molar-refractivity contribution < 1.29 is 0 Å². The van der Waals surface area contributed by atoms with E-state index in [2.05, 4.69) is 54.0 Å². The molecule has 1 atom stereocenters. The van der Waals surface area contributed by atoms with Crippen LogP contribution in [0.15, 0.2) is 5.38 Å². The average molecular weight is 290 g/mol. The lowest BCUT2D eigenvalue weighted by Crippen LogP contribution is -2.20. The summed E-state index contributed by atoms with van der Waals surface area (Å²) in [6, 6.07) is 0. The van der Waals surface area contributed by atoms with Crippen molar-refractivity contribution in [2.75, 3.05) is 0 Å². The SMILES string of the molecule is Cc1csc(CCCC(Br)C(C)(C)C)n1. The molecule has 1 rings (SSSR count). The molecule has 0 radical (unpaired) electrons. The fourth-order valence-electron chi connectivity index (χ4n) is 1.38. The molecule has 0 spiro atoms. The molecule has 1 aromatic rings. The van der Waals surface area contributed by atoms with E-state index >= 15 is 0 Å². The number of aromatic nitrogens is 1. The van der Waals surface area contributed by atoms with Gasteiger partial charge in [-0.15, -0.1) is 11.3 Å². The van der Waals surface area contributed by atoms with Crippen LogP contribution in [-0.2, 0) is 6.42 Å². The summed E-state index contributed by atoms with van der Waals surface area (Å²) in [6.07, 6.45) is 3.57. The predicted molar refractivity (Wildman–Crippen MR) is 72.0 cm³/mol. The Morgan fingerprint density at radius 1 is 1.47 bits per heavy atom. The summed E-state index contributed by atoms with van der Waals surface area (Å²) in [5, 5.41) is 3.41. The van der Waals surface area contributed by atoms with E-state index in [-0.39, 0.29) is 0 Å². The van der Waals surface area contributed by atoms with Gasteiger partial charge in [-0.3, -0.25) is 0 Å². The number of halogens is 1. The van der Waals surface area contributed by atoms with Crippen LogP contribution in [0.25, 0.3) is 0 Å². The minimum Gasteiger partial charge on any atom is -0.247 e. The number of hydrogen-bond acceptors (Lipinski definition) is 2. The molecule has 0 saturated heterocycles. The fourth-order valence-corrected chi connectivity index (χ4v) is 2.52. The van der Waals surface area contributed by atoms with Crippen molar-refractivity contribution in [1.29, 1.82) is 0 Å². The maximum Gasteiger partial charge on any atom is 0.0928 e. The second-order valence-electron chi connectivity index (χ2n) is 5.11. The molecule has 0 N–H and O–H groups in total. The van der Waals surface area contributed by atoms with Crippen LogP contribution in [0.5, 0.6) is 0 Å². The van der Waals surface area contributed by atoms with Crippen molar-refractivity contribution in [3.8, 4) is 0 Å². The Hall–Kier alpha value is 0.110. The third-order valence-electron chi connectivity index (χ3n) is 2.45. The maximum absolute atomic E-state index is 4.47. The van der Waals surface area contributed by atoms with Gasteiger partial charge in [0.15, 0.2) is 0 Å². The van der Waals surface area contributed by atoms with Crippen molar-refractivity contribution in [3.05, 3.63) is 16.1 Å². The smallest absolute Gasteiger partial charge is 0.0928 e. The van der Waals surface area contributed by atoms with Crippen molar-refractivity contribution in [2.24, 2.45) is 5.41 Å². The lowest BCUT2D eigenvalue weighted by molar-refractivity contribution is 0.380. The molecule has 3 heteroatoms. The topological polar surface area (TPSA) is 12.9 Å². The summed E-state index contributed by atoms with van der Waals surface area (Å²) in [5.74, 6) is 0. The predicted octanol–water partition coefficient (Wildman–Crippen LogP) is 4.58. The first-order valence-corrected chi connectivity index (χ1v) is 7.24. The first-order chi connectivity index (χ1) is 6.89. The Labute approximate surface area is 105 Å². The molecule has 1 unspecified atom stereocenters. The monoisotopic (exact) mass is 289 g/mol. The van der Waals surface area contributed by atoms with Gasteiger partial charge in [-0.25, -0.2) is 4.98 Å². The van der Waals surface area contributed by atoms with Gasteiger partial charge >= 0.3 is 0 Å². The normalized spacial score (nSPS) is 14.2. The van der Waals surface area contributed by atoms with E-state index in [1.807, 2.05) is 0 Å². The Bertz CT molecular complexity index is 301. The molecule has 86 valence electrons.